The zero-order valence-corrected chi connectivity index (χ0v) is 18.3. The van der Waals surface area contributed by atoms with Crippen molar-refractivity contribution < 1.29 is 0 Å². The van der Waals surface area contributed by atoms with Gasteiger partial charge in [0.25, 0.3) is 0 Å². The van der Waals surface area contributed by atoms with Crippen LogP contribution in [0, 0.1) is 11.3 Å². The number of aromatic amines is 1. The molecule has 6 heteroatoms. The van der Waals surface area contributed by atoms with E-state index in [1.54, 1.807) is 0 Å². The first-order valence-electron chi connectivity index (χ1n) is 11.5. The number of fused-ring (bicyclic) bond motifs is 3. The molecule has 0 atom stereocenters. The van der Waals surface area contributed by atoms with Crippen LogP contribution in [-0.2, 0) is 6.54 Å². The summed E-state index contributed by atoms with van der Waals surface area (Å²) < 4.78 is 0. The number of rotatable bonds is 7. The summed E-state index contributed by atoms with van der Waals surface area (Å²) in [6.45, 7) is 5.26. The normalized spacial score (nSPS) is 14.6. The molecule has 0 spiro atoms. The highest BCUT2D eigenvalue weighted by atomic mass is 15.3. The molecular formula is C26H28N6. The van der Waals surface area contributed by atoms with Gasteiger partial charge in [-0.2, -0.15) is 10.2 Å². The Labute approximate surface area is 188 Å². The van der Waals surface area contributed by atoms with E-state index in [4.69, 9.17) is 9.97 Å². The molecule has 6 nitrogen and oxygen atoms in total. The average molecular weight is 425 g/mol. The van der Waals surface area contributed by atoms with Gasteiger partial charge in [0.2, 0.25) is 5.95 Å². The minimum Gasteiger partial charge on any atom is -0.339 e. The van der Waals surface area contributed by atoms with Gasteiger partial charge in [0.1, 0.15) is 5.65 Å². The third-order valence-corrected chi connectivity index (χ3v) is 6.32. The predicted molar refractivity (Wildman–Crippen MR) is 129 cm³/mol. The molecule has 32 heavy (non-hydrogen) atoms. The molecule has 0 bridgehead atoms. The SMILES string of the molecule is N#Cc1ccc2c(c1)[nH]c1nc(N(CCCN3CCCCC3)Cc3ccccc3)ncc12. The summed E-state index contributed by atoms with van der Waals surface area (Å²) in [5, 5.41) is 11.2. The van der Waals surface area contributed by atoms with Crippen molar-refractivity contribution in [1.82, 2.24) is 19.9 Å². The van der Waals surface area contributed by atoms with Crippen LogP contribution in [0.1, 0.15) is 36.8 Å². The number of hydrogen-bond acceptors (Lipinski definition) is 5. The van der Waals surface area contributed by atoms with Crippen LogP contribution >= 0.6 is 0 Å². The maximum absolute atomic E-state index is 9.20. The number of benzene rings is 2. The van der Waals surface area contributed by atoms with Crippen LogP contribution < -0.4 is 4.90 Å². The van der Waals surface area contributed by atoms with E-state index in [2.05, 4.69) is 45.1 Å². The Kier molecular flexibility index (Phi) is 6.00. The van der Waals surface area contributed by atoms with Crippen LogP contribution in [0.4, 0.5) is 5.95 Å². The van der Waals surface area contributed by atoms with Gasteiger partial charge < -0.3 is 14.8 Å². The van der Waals surface area contributed by atoms with Crippen LogP contribution in [-0.4, -0.2) is 46.0 Å². The number of anilines is 1. The largest absolute Gasteiger partial charge is 0.339 e. The lowest BCUT2D eigenvalue weighted by Crippen LogP contribution is -2.33. The van der Waals surface area contributed by atoms with Gasteiger partial charge in [-0.05, 0) is 56.6 Å². The molecular weight excluding hydrogens is 396 g/mol. The fourth-order valence-corrected chi connectivity index (χ4v) is 4.62. The van der Waals surface area contributed by atoms with Crippen molar-refractivity contribution in [1.29, 1.82) is 5.26 Å². The van der Waals surface area contributed by atoms with Crippen LogP contribution in [0.5, 0.6) is 0 Å². The molecule has 1 saturated heterocycles. The summed E-state index contributed by atoms with van der Waals surface area (Å²) in [7, 11) is 0. The van der Waals surface area contributed by atoms with Gasteiger partial charge in [-0.25, -0.2) is 4.98 Å². The third-order valence-electron chi connectivity index (χ3n) is 6.32. The first-order valence-corrected chi connectivity index (χ1v) is 11.5. The third kappa shape index (κ3) is 4.44. The van der Waals surface area contributed by atoms with Gasteiger partial charge in [0, 0.05) is 35.6 Å². The molecule has 0 aliphatic carbocycles. The van der Waals surface area contributed by atoms with Gasteiger partial charge in [-0.1, -0.05) is 42.8 Å². The molecule has 4 aromatic rings. The summed E-state index contributed by atoms with van der Waals surface area (Å²) in [5.74, 6) is 0.743. The molecule has 1 aliphatic heterocycles. The molecule has 0 amide bonds. The Balaban J connectivity index is 1.41. The highest BCUT2D eigenvalue weighted by Crippen LogP contribution is 2.26. The molecule has 162 valence electrons. The Hall–Kier alpha value is -3.43. The first kappa shape index (κ1) is 20.5. The van der Waals surface area contributed by atoms with E-state index in [1.807, 2.05) is 30.5 Å². The van der Waals surface area contributed by atoms with Gasteiger partial charge >= 0.3 is 0 Å². The lowest BCUT2D eigenvalue weighted by atomic mass is 10.1. The minimum absolute atomic E-state index is 0.639. The van der Waals surface area contributed by atoms with Crippen LogP contribution in [0.2, 0.25) is 0 Å². The summed E-state index contributed by atoms with van der Waals surface area (Å²) in [4.78, 5) is 17.9. The minimum atomic E-state index is 0.639. The van der Waals surface area contributed by atoms with Crippen molar-refractivity contribution in [3.8, 4) is 6.07 Å². The molecule has 1 fully saturated rings. The molecule has 0 saturated carbocycles. The monoisotopic (exact) mass is 424 g/mol. The summed E-state index contributed by atoms with van der Waals surface area (Å²) in [6.07, 6.45) is 7.01. The lowest BCUT2D eigenvalue weighted by Gasteiger charge is -2.28. The van der Waals surface area contributed by atoms with Crippen molar-refractivity contribution in [2.45, 2.75) is 32.2 Å². The first-order chi connectivity index (χ1) is 15.8. The van der Waals surface area contributed by atoms with Crippen molar-refractivity contribution in [3.05, 3.63) is 65.9 Å². The number of piperidine rings is 1. The maximum Gasteiger partial charge on any atom is 0.227 e. The average Bonchev–Trinajstić information content (AvgIpc) is 3.21. The van der Waals surface area contributed by atoms with E-state index in [1.165, 1.54) is 37.9 Å². The number of hydrogen-bond donors (Lipinski definition) is 1. The van der Waals surface area contributed by atoms with Gasteiger partial charge in [0.05, 0.1) is 11.6 Å². The molecule has 1 N–H and O–H groups in total. The molecule has 3 heterocycles. The summed E-state index contributed by atoms with van der Waals surface area (Å²) >= 11 is 0. The molecule has 1 aliphatic rings. The number of nitriles is 1. The summed E-state index contributed by atoms with van der Waals surface area (Å²) in [5.41, 5.74) is 3.63. The predicted octanol–water partition coefficient (Wildman–Crippen LogP) is 4.87. The second-order valence-corrected chi connectivity index (χ2v) is 8.59. The van der Waals surface area contributed by atoms with Crippen LogP contribution in [0.15, 0.2) is 54.7 Å². The highest BCUT2D eigenvalue weighted by Gasteiger charge is 2.15. The zero-order valence-electron chi connectivity index (χ0n) is 18.3. The zero-order chi connectivity index (χ0) is 21.8. The van der Waals surface area contributed by atoms with Crippen molar-refractivity contribution in [2.24, 2.45) is 0 Å². The number of nitrogens with one attached hydrogen (secondary N) is 1. The Morgan fingerprint density at radius 1 is 1.03 bits per heavy atom. The topological polar surface area (TPSA) is 71.8 Å². The fourth-order valence-electron chi connectivity index (χ4n) is 4.62. The number of nitrogens with zero attached hydrogens (tertiary/aromatic N) is 5. The van der Waals surface area contributed by atoms with Crippen molar-refractivity contribution in [2.75, 3.05) is 31.1 Å². The Bertz CT molecular complexity index is 1230. The maximum atomic E-state index is 9.20. The van der Waals surface area contributed by atoms with Gasteiger partial charge in [-0.3, -0.25) is 0 Å². The number of likely N-dealkylation sites (tertiary alicyclic amines) is 1. The van der Waals surface area contributed by atoms with E-state index >= 15 is 0 Å². The second-order valence-electron chi connectivity index (χ2n) is 8.59. The number of aromatic nitrogens is 3. The number of H-pyrrole nitrogens is 1. The van der Waals surface area contributed by atoms with Crippen LogP contribution in [0.3, 0.4) is 0 Å². The van der Waals surface area contributed by atoms with Gasteiger partial charge in [-0.15, -0.1) is 0 Å². The van der Waals surface area contributed by atoms with E-state index in [-0.39, 0.29) is 0 Å². The van der Waals surface area contributed by atoms with Crippen LogP contribution in [0.25, 0.3) is 21.9 Å². The second kappa shape index (κ2) is 9.37. The standard InChI is InChI=1S/C26H28N6/c27-17-21-10-11-22-23-18-28-26(30-25(23)29-24(22)16-21)32(19-20-8-3-1-4-9-20)15-7-14-31-12-5-2-6-13-31/h1,3-4,8-11,16,18H,2,5-7,12-15,19H2,(H,28,29,30). The lowest BCUT2D eigenvalue weighted by molar-refractivity contribution is 0.227. The Morgan fingerprint density at radius 3 is 2.69 bits per heavy atom. The highest BCUT2D eigenvalue weighted by molar-refractivity contribution is 6.05. The van der Waals surface area contributed by atoms with E-state index in [9.17, 15) is 5.26 Å². The molecule has 0 radical (unpaired) electrons. The quantitative estimate of drug-likeness (QED) is 0.458. The molecule has 2 aromatic heterocycles. The van der Waals surface area contributed by atoms with E-state index in [0.717, 1.165) is 53.9 Å². The van der Waals surface area contributed by atoms with E-state index in [0.29, 0.717) is 5.56 Å². The molecule has 2 aromatic carbocycles. The fraction of sp³-hybridized carbons (Fsp3) is 0.346. The Morgan fingerprint density at radius 2 is 1.88 bits per heavy atom. The van der Waals surface area contributed by atoms with Gasteiger partial charge in [0.15, 0.2) is 0 Å². The van der Waals surface area contributed by atoms with Crippen molar-refractivity contribution >= 4 is 27.9 Å². The molecule has 0 unspecified atom stereocenters. The summed E-state index contributed by atoms with van der Waals surface area (Å²) in [6, 6.07) is 18.4. The van der Waals surface area contributed by atoms with Crippen molar-refractivity contribution in [3.63, 3.8) is 0 Å². The smallest absolute Gasteiger partial charge is 0.227 e. The molecule has 5 rings (SSSR count). The van der Waals surface area contributed by atoms with E-state index < -0.39 is 0 Å².